The topological polar surface area (TPSA) is 24.1 Å². The van der Waals surface area contributed by atoms with Crippen molar-refractivity contribution in [2.24, 2.45) is 0 Å². The third-order valence-electron chi connectivity index (χ3n) is 4.73. The lowest BCUT2D eigenvalue weighted by Crippen LogP contribution is -2.09. The Morgan fingerprint density at radius 2 is 1.14 bits per heavy atom. The first-order valence-electron chi connectivity index (χ1n) is 9.98. The smallest absolute Gasteiger partial charge is 0.134 e. The van der Waals surface area contributed by atoms with Gasteiger partial charge in [0.25, 0.3) is 0 Å². The van der Waals surface area contributed by atoms with Crippen molar-refractivity contribution >= 4 is 11.4 Å². The first-order valence-corrected chi connectivity index (χ1v) is 9.98. The van der Waals surface area contributed by atoms with Crippen molar-refractivity contribution in [1.29, 1.82) is 0 Å². The van der Waals surface area contributed by atoms with E-state index >= 15 is 8.78 Å². The van der Waals surface area contributed by atoms with Gasteiger partial charge in [-0.1, -0.05) is 24.3 Å². The van der Waals surface area contributed by atoms with Gasteiger partial charge in [-0.3, -0.25) is 0 Å². The van der Waals surface area contributed by atoms with Crippen molar-refractivity contribution in [3.05, 3.63) is 71.8 Å². The molecule has 0 radical (unpaired) electrons. The molecule has 0 atom stereocenters. The van der Waals surface area contributed by atoms with Gasteiger partial charge in [-0.2, -0.15) is 0 Å². The highest BCUT2D eigenvalue weighted by Gasteiger charge is 2.18. The van der Waals surface area contributed by atoms with Gasteiger partial charge in [0.1, 0.15) is 11.6 Å². The molecule has 3 aromatic rings. The quantitative estimate of drug-likeness (QED) is 0.460. The normalized spacial score (nSPS) is 11.2. The summed E-state index contributed by atoms with van der Waals surface area (Å²) in [6.07, 6.45) is 0. The second-order valence-electron chi connectivity index (χ2n) is 7.97. The van der Waals surface area contributed by atoms with E-state index in [0.29, 0.717) is 34.3 Å². The van der Waals surface area contributed by atoms with E-state index < -0.39 is 11.6 Å². The molecule has 152 valence electrons. The predicted molar refractivity (Wildman–Crippen MR) is 119 cm³/mol. The van der Waals surface area contributed by atoms with E-state index in [0.717, 1.165) is 11.4 Å². The van der Waals surface area contributed by atoms with E-state index in [9.17, 15) is 0 Å². The third kappa shape index (κ3) is 4.76. The fraction of sp³-hybridized carbons (Fsp3) is 0.280. The average molecular weight is 395 g/mol. The van der Waals surface area contributed by atoms with Crippen molar-refractivity contribution in [3.63, 3.8) is 0 Å². The minimum absolute atomic E-state index is 0.276. The Morgan fingerprint density at radius 3 is 1.59 bits per heavy atom. The number of nitrogens with one attached hydrogen (secondary N) is 2. The highest BCUT2D eigenvalue weighted by atomic mass is 19.1. The molecule has 2 nitrogen and oxygen atoms in total. The van der Waals surface area contributed by atoms with Crippen LogP contribution in [0.15, 0.2) is 54.6 Å². The van der Waals surface area contributed by atoms with Gasteiger partial charge in [-0.05, 0) is 81.6 Å². The first kappa shape index (κ1) is 20.8. The summed E-state index contributed by atoms with van der Waals surface area (Å²) in [5.74, 6) is -0.816. The van der Waals surface area contributed by atoms with Gasteiger partial charge < -0.3 is 10.6 Å². The monoisotopic (exact) mass is 394 g/mol. The average Bonchev–Trinajstić information content (AvgIpc) is 2.66. The molecule has 0 aromatic heterocycles. The number of rotatable bonds is 6. The van der Waals surface area contributed by atoms with Crippen molar-refractivity contribution in [1.82, 2.24) is 0 Å². The zero-order chi connectivity index (χ0) is 21.1. The maximum Gasteiger partial charge on any atom is 0.134 e. The molecule has 0 aliphatic heterocycles. The largest absolute Gasteiger partial charge is 0.383 e. The van der Waals surface area contributed by atoms with Crippen molar-refractivity contribution in [2.45, 2.75) is 46.7 Å². The fourth-order valence-electron chi connectivity index (χ4n) is 3.46. The number of hydrogen-bond donors (Lipinski definition) is 2. The molecule has 0 bridgehead atoms. The molecule has 0 unspecified atom stereocenters. The molecule has 0 fully saturated rings. The van der Waals surface area contributed by atoms with E-state index in [1.165, 1.54) is 6.07 Å². The summed E-state index contributed by atoms with van der Waals surface area (Å²) in [5.41, 5.74) is 4.12. The zero-order valence-electron chi connectivity index (χ0n) is 17.6. The van der Waals surface area contributed by atoms with Gasteiger partial charge >= 0.3 is 0 Å². The highest BCUT2D eigenvalue weighted by Crippen LogP contribution is 2.35. The molecule has 0 heterocycles. The fourth-order valence-corrected chi connectivity index (χ4v) is 3.46. The van der Waals surface area contributed by atoms with Crippen LogP contribution in [0.25, 0.3) is 22.3 Å². The Balaban J connectivity index is 1.96. The van der Waals surface area contributed by atoms with Crippen LogP contribution in [-0.2, 0) is 0 Å². The Bertz CT molecular complexity index is 975. The van der Waals surface area contributed by atoms with Crippen LogP contribution in [-0.4, -0.2) is 12.1 Å². The molecule has 4 heteroatoms. The van der Waals surface area contributed by atoms with Crippen LogP contribution in [0.1, 0.15) is 33.3 Å². The van der Waals surface area contributed by atoms with E-state index in [1.54, 1.807) is 6.92 Å². The lowest BCUT2D eigenvalue weighted by molar-refractivity contribution is 0.599. The molecule has 0 aliphatic carbocycles. The van der Waals surface area contributed by atoms with Crippen LogP contribution in [0.5, 0.6) is 0 Å². The van der Waals surface area contributed by atoms with Gasteiger partial charge in [0, 0.05) is 34.6 Å². The number of halogens is 2. The summed E-state index contributed by atoms with van der Waals surface area (Å²) < 4.78 is 30.2. The SMILES string of the molecule is Cc1c(F)c(-c2ccc(NC(C)C)cc2)cc(F)c1-c1ccc(NC(C)C)cc1. The van der Waals surface area contributed by atoms with Gasteiger partial charge in [0.05, 0.1) is 0 Å². The second-order valence-corrected chi connectivity index (χ2v) is 7.97. The summed E-state index contributed by atoms with van der Waals surface area (Å²) in [5, 5.41) is 6.59. The molecular formula is C25H28F2N2. The molecular weight excluding hydrogens is 366 g/mol. The lowest BCUT2D eigenvalue weighted by atomic mass is 9.94. The number of hydrogen-bond acceptors (Lipinski definition) is 2. The van der Waals surface area contributed by atoms with E-state index in [2.05, 4.69) is 38.3 Å². The molecule has 2 N–H and O–H groups in total. The summed E-state index contributed by atoms with van der Waals surface area (Å²) >= 11 is 0. The van der Waals surface area contributed by atoms with Crippen LogP contribution < -0.4 is 10.6 Å². The Morgan fingerprint density at radius 1 is 0.690 bits per heavy atom. The maximum atomic E-state index is 15.2. The van der Waals surface area contributed by atoms with Gasteiger partial charge in [-0.25, -0.2) is 8.78 Å². The zero-order valence-corrected chi connectivity index (χ0v) is 17.6. The summed E-state index contributed by atoms with van der Waals surface area (Å²) in [4.78, 5) is 0. The van der Waals surface area contributed by atoms with Crippen molar-refractivity contribution in [2.75, 3.05) is 10.6 Å². The lowest BCUT2D eigenvalue weighted by Gasteiger charge is -2.15. The van der Waals surface area contributed by atoms with E-state index in [4.69, 9.17) is 0 Å². The molecule has 0 aliphatic rings. The van der Waals surface area contributed by atoms with Gasteiger partial charge in [0.15, 0.2) is 0 Å². The van der Waals surface area contributed by atoms with E-state index in [1.807, 2.05) is 48.5 Å². The van der Waals surface area contributed by atoms with Crippen LogP contribution in [0.2, 0.25) is 0 Å². The summed E-state index contributed by atoms with van der Waals surface area (Å²) in [6, 6.07) is 16.7. The van der Waals surface area contributed by atoms with Crippen molar-refractivity contribution in [3.8, 4) is 22.3 Å². The van der Waals surface area contributed by atoms with Crippen LogP contribution in [0.4, 0.5) is 20.2 Å². The number of benzene rings is 3. The van der Waals surface area contributed by atoms with E-state index in [-0.39, 0.29) is 5.56 Å². The minimum atomic E-state index is -0.423. The Hall–Kier alpha value is -2.88. The Kier molecular flexibility index (Phi) is 6.21. The van der Waals surface area contributed by atoms with Crippen molar-refractivity contribution < 1.29 is 8.78 Å². The van der Waals surface area contributed by atoms with Crippen LogP contribution in [0.3, 0.4) is 0 Å². The highest BCUT2D eigenvalue weighted by molar-refractivity contribution is 5.76. The molecule has 3 rings (SSSR count). The first-order chi connectivity index (χ1) is 13.8. The molecule has 0 amide bonds. The standard InChI is InChI=1S/C25H28F2N2/c1-15(2)28-20-10-6-18(7-11-20)22-14-23(26)24(17(5)25(22)27)19-8-12-21(13-9-19)29-16(3)4/h6-16,28-29H,1-5H3. The molecule has 0 saturated carbocycles. The van der Waals surface area contributed by atoms with Crippen LogP contribution >= 0.6 is 0 Å². The number of anilines is 2. The molecule has 0 saturated heterocycles. The molecule has 3 aromatic carbocycles. The Labute approximate surface area is 172 Å². The minimum Gasteiger partial charge on any atom is -0.383 e. The molecule has 0 spiro atoms. The second kappa shape index (κ2) is 8.64. The van der Waals surface area contributed by atoms with Gasteiger partial charge in [0.2, 0.25) is 0 Å². The molecule has 29 heavy (non-hydrogen) atoms. The summed E-state index contributed by atoms with van der Waals surface area (Å²) in [7, 11) is 0. The van der Waals surface area contributed by atoms with Crippen LogP contribution in [0, 0.1) is 18.6 Å². The maximum absolute atomic E-state index is 15.2. The summed E-state index contributed by atoms with van der Waals surface area (Å²) in [6.45, 7) is 9.84. The third-order valence-corrected chi connectivity index (χ3v) is 4.73. The predicted octanol–water partition coefficient (Wildman–Crippen LogP) is 7.25. The van der Waals surface area contributed by atoms with Gasteiger partial charge in [-0.15, -0.1) is 0 Å².